The van der Waals surface area contributed by atoms with Crippen molar-refractivity contribution in [3.63, 3.8) is 0 Å². The van der Waals surface area contributed by atoms with Crippen LogP contribution in [-0.4, -0.2) is 186 Å². The van der Waals surface area contributed by atoms with Gasteiger partial charge in [0.15, 0.2) is 5.78 Å². The molecular weight excluding hydrogens is 1250 g/mol. The molecule has 3 aromatic heterocycles. The van der Waals surface area contributed by atoms with Crippen molar-refractivity contribution in [1.82, 2.24) is 50.9 Å². The van der Waals surface area contributed by atoms with Gasteiger partial charge >= 0.3 is 11.9 Å². The molecule has 0 spiro atoms. The third-order valence-corrected chi connectivity index (χ3v) is 16.7. The van der Waals surface area contributed by atoms with Crippen LogP contribution in [0.3, 0.4) is 0 Å². The number of esters is 1. The smallest absolute Gasteiger partial charge is 0.328 e. The molecular formula is C65H92BrN11O15. The van der Waals surface area contributed by atoms with Crippen molar-refractivity contribution < 1.29 is 71.9 Å². The maximum absolute atomic E-state index is 14.5. The number of unbranched alkanes of at least 4 members (excludes halogenated alkanes) is 13. The van der Waals surface area contributed by atoms with Crippen LogP contribution in [0.25, 0.3) is 22.0 Å². The first-order valence-electron chi connectivity index (χ1n) is 32.1. The Morgan fingerprint density at radius 3 is 1.85 bits per heavy atom. The molecule has 1 aliphatic heterocycles. The van der Waals surface area contributed by atoms with E-state index in [1.54, 1.807) is 36.4 Å². The van der Waals surface area contributed by atoms with Crippen molar-refractivity contribution in [2.75, 3.05) is 84.9 Å². The van der Waals surface area contributed by atoms with Gasteiger partial charge < -0.3 is 60.3 Å². The Morgan fingerprint density at radius 1 is 0.674 bits per heavy atom. The van der Waals surface area contributed by atoms with Gasteiger partial charge in [0, 0.05) is 80.6 Å². The average Bonchev–Trinajstić information content (AvgIpc) is 1.54. The largest absolute Gasteiger partial charge is 0.481 e. The molecule has 6 amide bonds. The predicted octanol–water partition coefficient (Wildman–Crippen LogP) is 6.65. The predicted molar refractivity (Wildman–Crippen MR) is 344 cm³/mol. The van der Waals surface area contributed by atoms with E-state index in [0.29, 0.717) is 40.0 Å². The number of fused-ring (bicyclic) bond motifs is 2. The van der Waals surface area contributed by atoms with Crippen molar-refractivity contribution in [3.8, 4) is 11.1 Å². The fourth-order valence-electron chi connectivity index (χ4n) is 11.2. The standard InChI is InChI=1S/C65H92BrN11O15/c1-44-21-25-54(66)73-62(44)74-63(86)52-36-65(37-53(65)77(52)59(83)40-76-51-24-22-47(48-38-69-46(3)70-39-48)35-49(51)61(75-76)45(2)78)43-71-58(82)42-92-34-32-90-30-28-68-57(81)41-91-33-31-89-29-27-67-55(79)26-23-50(64(87)88-4)72-56(80)19-17-15-13-11-9-7-5-6-8-10-12-14-16-18-20-60(84)85/h21-22,24-25,35,38-39,50,52-53H,5-20,23,26-34,36-37,40-43H2,1-4H3,(H,67,79)(H,68,81)(H,71,82)(H,72,80)(H,84,85)(H,73,74,86)/t50-,52-,53+,65-/m0/s1. The molecule has 1 aliphatic carbocycles. The second-order valence-corrected chi connectivity index (χ2v) is 24.3. The third kappa shape index (κ3) is 24.9. The molecule has 2 aliphatic rings. The fraction of sp³-hybridized carbons (Fsp3) is 0.615. The number of aliphatic carboxylic acids is 1. The summed E-state index contributed by atoms with van der Waals surface area (Å²) in [6, 6.07) is 6.86. The van der Waals surface area contributed by atoms with Crippen LogP contribution < -0.4 is 26.6 Å². The van der Waals surface area contributed by atoms with Crippen molar-refractivity contribution in [2.45, 2.75) is 174 Å². The van der Waals surface area contributed by atoms with E-state index in [1.807, 2.05) is 25.1 Å². The van der Waals surface area contributed by atoms with E-state index in [0.717, 1.165) is 55.2 Å². The molecule has 0 radical (unpaired) electrons. The number of amides is 6. The number of nitrogens with zero attached hydrogens (tertiary/aromatic N) is 6. The van der Waals surface area contributed by atoms with Crippen LogP contribution in [0, 0.1) is 19.3 Å². The zero-order valence-corrected chi connectivity index (χ0v) is 55.2. The van der Waals surface area contributed by atoms with Gasteiger partial charge in [-0.2, -0.15) is 5.10 Å². The molecule has 2 fully saturated rings. The number of methoxy groups -OCH3 is 1. The lowest BCUT2D eigenvalue weighted by molar-refractivity contribution is -0.145. The number of halogens is 1. The van der Waals surface area contributed by atoms with E-state index in [1.165, 1.54) is 63.7 Å². The Kier molecular flexibility index (Phi) is 31.5. The maximum Gasteiger partial charge on any atom is 0.328 e. The van der Waals surface area contributed by atoms with Crippen LogP contribution in [0.2, 0.25) is 0 Å². The number of ketones is 1. The average molecular weight is 1350 g/mol. The Labute approximate surface area is 546 Å². The summed E-state index contributed by atoms with van der Waals surface area (Å²) in [6.45, 7) is 5.88. The van der Waals surface area contributed by atoms with Crippen LogP contribution in [0.15, 0.2) is 47.3 Å². The minimum Gasteiger partial charge on any atom is -0.481 e. The second kappa shape index (κ2) is 39.3. The fourth-order valence-corrected chi connectivity index (χ4v) is 11.5. The number of carboxylic acids is 1. The molecule has 92 heavy (non-hydrogen) atoms. The van der Waals surface area contributed by atoms with Crippen LogP contribution in [0.5, 0.6) is 0 Å². The highest BCUT2D eigenvalue weighted by Crippen LogP contribution is 2.59. The van der Waals surface area contributed by atoms with Gasteiger partial charge in [-0.3, -0.25) is 43.0 Å². The van der Waals surface area contributed by atoms with E-state index in [4.69, 9.17) is 28.8 Å². The van der Waals surface area contributed by atoms with Crippen LogP contribution in [0.4, 0.5) is 5.82 Å². The Balaban J connectivity index is 0.778. The quantitative estimate of drug-likeness (QED) is 0.0117. The van der Waals surface area contributed by atoms with Crippen molar-refractivity contribution in [1.29, 1.82) is 0 Å². The molecule has 4 atom stereocenters. The molecule has 0 bridgehead atoms. The number of hydrogen-bond donors (Lipinski definition) is 6. The summed E-state index contributed by atoms with van der Waals surface area (Å²) in [5, 5.41) is 27.8. The number of anilines is 1. The molecule has 1 saturated heterocycles. The SMILES string of the molecule is COC(=O)[C@H](CCC(=O)NCCOCCOCC(=O)NCCOCCOCC(=O)NC[C@@]12C[C@@H](C(=O)Nc3nc(Br)ccc3C)N(C(=O)Cn3nc(C(C)=O)c4cc(-c5cnc(C)nc5)ccc43)[C@@H]1C2)NC(=O)CCCCCCCCCCCCCCCCC(=O)O. The normalized spacial score (nSPS) is 15.9. The van der Waals surface area contributed by atoms with E-state index in [-0.39, 0.29) is 158 Å². The Morgan fingerprint density at radius 2 is 1.25 bits per heavy atom. The molecule has 504 valence electrons. The Hall–Kier alpha value is -7.33. The highest BCUT2D eigenvalue weighted by Gasteiger charge is 2.67. The number of carbonyl (C=O) groups excluding carboxylic acids is 8. The third-order valence-electron chi connectivity index (χ3n) is 16.3. The van der Waals surface area contributed by atoms with Gasteiger partial charge in [-0.1, -0.05) is 89.2 Å². The van der Waals surface area contributed by atoms with Gasteiger partial charge in [0.05, 0.1) is 52.3 Å². The van der Waals surface area contributed by atoms with Crippen molar-refractivity contribution in [2.24, 2.45) is 5.41 Å². The zero-order valence-electron chi connectivity index (χ0n) is 53.6. The maximum atomic E-state index is 14.5. The topological polar surface area (TPSA) is 340 Å². The lowest BCUT2D eigenvalue weighted by Gasteiger charge is -2.27. The van der Waals surface area contributed by atoms with Gasteiger partial charge in [-0.05, 0) is 91.2 Å². The minimum atomic E-state index is -0.932. The summed E-state index contributed by atoms with van der Waals surface area (Å²) >= 11 is 3.37. The van der Waals surface area contributed by atoms with E-state index >= 15 is 0 Å². The van der Waals surface area contributed by atoms with E-state index in [2.05, 4.69) is 62.6 Å². The molecule has 26 nitrogen and oxygen atoms in total. The zero-order chi connectivity index (χ0) is 66.3. The van der Waals surface area contributed by atoms with Crippen LogP contribution in [-0.2, 0) is 68.6 Å². The number of carbonyl (C=O) groups is 9. The molecule has 1 saturated carbocycles. The number of carboxylic acid groups (broad SMARTS) is 1. The molecule has 1 aromatic carbocycles. The number of piperidine rings is 1. The highest BCUT2D eigenvalue weighted by atomic mass is 79.9. The van der Waals surface area contributed by atoms with Gasteiger partial charge in [0.1, 0.15) is 53.8 Å². The summed E-state index contributed by atoms with van der Waals surface area (Å²) in [5.41, 5.74) is 2.44. The van der Waals surface area contributed by atoms with Crippen LogP contribution in [0.1, 0.15) is 157 Å². The first-order valence-corrected chi connectivity index (χ1v) is 32.9. The van der Waals surface area contributed by atoms with E-state index < -0.39 is 35.3 Å². The number of nitrogens with one attached hydrogen (secondary N) is 5. The molecule has 4 aromatic rings. The van der Waals surface area contributed by atoms with E-state index in [9.17, 15) is 43.2 Å². The Bertz CT molecular complexity index is 3090. The van der Waals surface area contributed by atoms with Gasteiger partial charge in [0.25, 0.3) is 0 Å². The van der Waals surface area contributed by atoms with Gasteiger partial charge in [-0.25, -0.2) is 19.7 Å². The number of likely N-dealkylation sites (tertiary alicyclic amines) is 1. The van der Waals surface area contributed by atoms with Gasteiger partial charge in [0.2, 0.25) is 35.4 Å². The summed E-state index contributed by atoms with van der Waals surface area (Å²) in [7, 11) is 1.24. The first-order chi connectivity index (χ1) is 44.4. The highest BCUT2D eigenvalue weighted by molar-refractivity contribution is 9.10. The summed E-state index contributed by atoms with van der Waals surface area (Å²) in [6.07, 6.45) is 19.9. The molecule has 4 heterocycles. The van der Waals surface area contributed by atoms with Gasteiger partial charge in [-0.15, -0.1) is 0 Å². The number of rotatable bonds is 46. The number of ether oxygens (including phenoxy) is 5. The summed E-state index contributed by atoms with van der Waals surface area (Å²) in [4.78, 5) is 129. The number of pyridine rings is 1. The summed E-state index contributed by atoms with van der Waals surface area (Å²) < 4.78 is 28.8. The number of aromatic nitrogens is 5. The number of benzene rings is 1. The van der Waals surface area contributed by atoms with Crippen molar-refractivity contribution >= 4 is 85.8 Å². The van der Waals surface area contributed by atoms with Crippen LogP contribution >= 0.6 is 15.9 Å². The molecule has 27 heteroatoms. The molecule has 6 rings (SSSR count). The summed E-state index contributed by atoms with van der Waals surface area (Å²) in [5.74, 6) is -2.75. The lowest BCUT2D eigenvalue weighted by Crippen LogP contribution is -2.47. The lowest BCUT2D eigenvalue weighted by atomic mass is 9.99. The second-order valence-electron chi connectivity index (χ2n) is 23.5. The minimum absolute atomic E-state index is 0.00463. The monoisotopic (exact) mass is 1350 g/mol. The van der Waals surface area contributed by atoms with Crippen molar-refractivity contribution in [3.05, 3.63) is 64.4 Å². The number of Topliss-reactive ketones (excluding diaryl/α,β-unsaturated/α-hetero) is 1. The number of aryl methyl sites for hydroxylation is 2. The number of hydrogen-bond acceptors (Lipinski definition) is 18. The molecule has 0 unspecified atom stereocenters. The molecule has 6 N–H and O–H groups in total. The first kappa shape index (κ1) is 73.7.